The van der Waals surface area contributed by atoms with E-state index < -0.39 is 0 Å². The number of carbonyl (C=O) groups is 1. The predicted octanol–water partition coefficient (Wildman–Crippen LogP) is 1.97. The molecule has 1 amide bonds. The molecular weight excluding hydrogens is 232 g/mol. The number of hydrogen-bond acceptors (Lipinski definition) is 4. The Bertz CT molecular complexity index is 439. The van der Waals surface area contributed by atoms with E-state index in [0.29, 0.717) is 36.7 Å². The Balaban J connectivity index is 2.25. The summed E-state index contributed by atoms with van der Waals surface area (Å²) in [6, 6.07) is 0. The summed E-state index contributed by atoms with van der Waals surface area (Å²) in [4.78, 5) is 14.3. The summed E-state index contributed by atoms with van der Waals surface area (Å²) in [5, 5.41) is 3.92. The van der Waals surface area contributed by atoms with Gasteiger partial charge >= 0.3 is 0 Å². The van der Waals surface area contributed by atoms with Gasteiger partial charge in [0.05, 0.1) is 18.4 Å². The molecule has 1 aromatic rings. The molecule has 0 spiro atoms. The molecular formula is C13H20N2O3. The summed E-state index contributed by atoms with van der Waals surface area (Å²) in [5.74, 6) is 0.841. The molecule has 0 aliphatic carbocycles. The van der Waals surface area contributed by atoms with Crippen LogP contribution in [0.15, 0.2) is 4.52 Å². The number of nitrogens with zero attached hydrogens (tertiary/aromatic N) is 2. The number of ether oxygens (including phenoxy) is 1. The quantitative estimate of drug-likeness (QED) is 0.807. The van der Waals surface area contributed by atoms with Crippen LogP contribution >= 0.6 is 0 Å². The van der Waals surface area contributed by atoms with Crippen LogP contribution in [0.2, 0.25) is 0 Å². The van der Waals surface area contributed by atoms with Gasteiger partial charge in [-0.3, -0.25) is 4.79 Å². The van der Waals surface area contributed by atoms with E-state index in [1.165, 1.54) is 0 Å². The van der Waals surface area contributed by atoms with Crippen LogP contribution < -0.4 is 0 Å². The first-order valence-electron chi connectivity index (χ1n) is 6.37. The number of amides is 1. The van der Waals surface area contributed by atoms with E-state index in [4.69, 9.17) is 9.26 Å². The molecule has 1 fully saturated rings. The lowest BCUT2D eigenvalue weighted by Crippen LogP contribution is -2.44. The largest absolute Gasteiger partial charge is 0.375 e. The minimum Gasteiger partial charge on any atom is -0.375 e. The molecule has 0 radical (unpaired) electrons. The predicted molar refractivity (Wildman–Crippen MR) is 66.6 cm³/mol. The van der Waals surface area contributed by atoms with Gasteiger partial charge in [0.25, 0.3) is 5.91 Å². The summed E-state index contributed by atoms with van der Waals surface area (Å²) in [7, 11) is 0. The Labute approximate surface area is 107 Å². The minimum atomic E-state index is 0.00704. The zero-order valence-corrected chi connectivity index (χ0v) is 11.4. The smallest absolute Gasteiger partial charge is 0.259 e. The van der Waals surface area contributed by atoms with Crippen molar-refractivity contribution in [1.29, 1.82) is 0 Å². The van der Waals surface area contributed by atoms with Crippen molar-refractivity contribution in [3.63, 3.8) is 0 Å². The summed E-state index contributed by atoms with van der Waals surface area (Å²) in [6.07, 6.45) is 0.0883. The van der Waals surface area contributed by atoms with Crippen LogP contribution in [0.4, 0.5) is 0 Å². The van der Waals surface area contributed by atoms with Gasteiger partial charge in [-0.2, -0.15) is 0 Å². The van der Waals surface area contributed by atoms with Crippen molar-refractivity contribution in [2.24, 2.45) is 0 Å². The SMILES string of the molecule is Cc1noc(C(C)C)c1C(=O)N1CCOC(C)C1. The summed E-state index contributed by atoms with van der Waals surface area (Å²) in [6.45, 7) is 9.63. The van der Waals surface area contributed by atoms with Crippen LogP contribution in [-0.2, 0) is 4.74 Å². The Hall–Kier alpha value is -1.36. The van der Waals surface area contributed by atoms with E-state index in [1.54, 1.807) is 0 Å². The highest BCUT2D eigenvalue weighted by Crippen LogP contribution is 2.24. The van der Waals surface area contributed by atoms with Gasteiger partial charge < -0.3 is 14.2 Å². The summed E-state index contributed by atoms with van der Waals surface area (Å²) in [5.41, 5.74) is 1.29. The molecule has 0 aromatic carbocycles. The third kappa shape index (κ3) is 2.41. The van der Waals surface area contributed by atoms with Crippen LogP contribution in [-0.4, -0.2) is 41.8 Å². The van der Waals surface area contributed by atoms with Crippen LogP contribution in [0.25, 0.3) is 0 Å². The second-order valence-electron chi connectivity index (χ2n) is 5.09. The van der Waals surface area contributed by atoms with Crippen molar-refractivity contribution in [1.82, 2.24) is 10.1 Å². The van der Waals surface area contributed by atoms with Crippen LogP contribution in [0, 0.1) is 6.92 Å². The van der Waals surface area contributed by atoms with E-state index in [1.807, 2.05) is 32.6 Å². The first-order chi connectivity index (χ1) is 8.50. The lowest BCUT2D eigenvalue weighted by Gasteiger charge is -2.31. The Kier molecular flexibility index (Phi) is 3.71. The molecule has 2 heterocycles. The molecule has 0 saturated carbocycles. The highest BCUT2D eigenvalue weighted by molar-refractivity contribution is 5.96. The van der Waals surface area contributed by atoms with Crippen molar-refractivity contribution >= 4 is 5.91 Å². The van der Waals surface area contributed by atoms with Gasteiger partial charge in [0.2, 0.25) is 0 Å². The number of aryl methyl sites for hydroxylation is 1. The molecule has 1 aliphatic heterocycles. The molecule has 0 N–H and O–H groups in total. The van der Waals surface area contributed by atoms with Crippen LogP contribution in [0.1, 0.15) is 48.5 Å². The summed E-state index contributed by atoms with van der Waals surface area (Å²) < 4.78 is 10.7. The van der Waals surface area contributed by atoms with E-state index in [-0.39, 0.29) is 17.9 Å². The second kappa shape index (κ2) is 5.10. The molecule has 100 valence electrons. The molecule has 1 atom stereocenters. The maximum Gasteiger partial charge on any atom is 0.259 e. The number of carbonyl (C=O) groups excluding carboxylic acids is 1. The highest BCUT2D eigenvalue weighted by Gasteiger charge is 2.29. The maximum atomic E-state index is 12.5. The van der Waals surface area contributed by atoms with Crippen molar-refractivity contribution in [2.45, 2.75) is 39.7 Å². The van der Waals surface area contributed by atoms with Crippen LogP contribution in [0.5, 0.6) is 0 Å². The number of rotatable bonds is 2. The van der Waals surface area contributed by atoms with E-state index in [2.05, 4.69) is 5.16 Å². The van der Waals surface area contributed by atoms with E-state index in [0.717, 1.165) is 0 Å². The minimum absolute atomic E-state index is 0.00704. The number of morpholine rings is 1. The fraction of sp³-hybridized carbons (Fsp3) is 0.692. The molecule has 5 nitrogen and oxygen atoms in total. The molecule has 18 heavy (non-hydrogen) atoms. The van der Waals surface area contributed by atoms with Crippen molar-refractivity contribution in [3.8, 4) is 0 Å². The standard InChI is InChI=1S/C13H20N2O3/c1-8(2)12-11(10(4)14-18-12)13(16)15-5-6-17-9(3)7-15/h8-9H,5-7H2,1-4H3. The third-order valence-electron chi connectivity index (χ3n) is 3.16. The molecule has 2 rings (SSSR count). The van der Waals surface area contributed by atoms with Gasteiger partial charge in [-0.15, -0.1) is 0 Å². The Morgan fingerprint density at radius 3 is 2.83 bits per heavy atom. The van der Waals surface area contributed by atoms with Gasteiger partial charge in [0.1, 0.15) is 5.56 Å². The van der Waals surface area contributed by atoms with Crippen molar-refractivity contribution in [3.05, 3.63) is 17.0 Å². The molecule has 1 unspecified atom stereocenters. The van der Waals surface area contributed by atoms with Gasteiger partial charge in [-0.25, -0.2) is 0 Å². The third-order valence-corrected chi connectivity index (χ3v) is 3.16. The average molecular weight is 252 g/mol. The van der Waals surface area contributed by atoms with Gasteiger partial charge in [0.15, 0.2) is 5.76 Å². The van der Waals surface area contributed by atoms with E-state index >= 15 is 0 Å². The Morgan fingerprint density at radius 2 is 2.22 bits per heavy atom. The topological polar surface area (TPSA) is 55.6 Å². The van der Waals surface area contributed by atoms with Crippen molar-refractivity contribution < 1.29 is 14.1 Å². The Morgan fingerprint density at radius 1 is 1.50 bits per heavy atom. The lowest BCUT2D eigenvalue weighted by atomic mass is 10.0. The zero-order valence-electron chi connectivity index (χ0n) is 11.4. The van der Waals surface area contributed by atoms with E-state index in [9.17, 15) is 4.79 Å². The molecule has 0 bridgehead atoms. The van der Waals surface area contributed by atoms with Crippen molar-refractivity contribution in [2.75, 3.05) is 19.7 Å². The number of aromatic nitrogens is 1. The fourth-order valence-corrected chi connectivity index (χ4v) is 2.20. The monoisotopic (exact) mass is 252 g/mol. The van der Waals surface area contributed by atoms with Gasteiger partial charge in [0, 0.05) is 19.0 Å². The van der Waals surface area contributed by atoms with Gasteiger partial charge in [-0.1, -0.05) is 19.0 Å². The summed E-state index contributed by atoms with van der Waals surface area (Å²) >= 11 is 0. The maximum absolute atomic E-state index is 12.5. The normalized spacial score (nSPS) is 20.5. The second-order valence-corrected chi connectivity index (χ2v) is 5.09. The first-order valence-corrected chi connectivity index (χ1v) is 6.37. The fourth-order valence-electron chi connectivity index (χ4n) is 2.20. The molecule has 1 aliphatic rings. The lowest BCUT2D eigenvalue weighted by molar-refractivity contribution is -0.0125. The molecule has 1 saturated heterocycles. The molecule has 1 aromatic heterocycles. The average Bonchev–Trinajstić information content (AvgIpc) is 2.70. The zero-order chi connectivity index (χ0) is 13.3. The first kappa shape index (κ1) is 13.1. The van der Waals surface area contributed by atoms with Crippen LogP contribution in [0.3, 0.4) is 0 Å². The molecule has 5 heteroatoms. The van der Waals surface area contributed by atoms with Gasteiger partial charge in [-0.05, 0) is 13.8 Å². The highest BCUT2D eigenvalue weighted by atomic mass is 16.5. The number of hydrogen-bond donors (Lipinski definition) is 0.